The maximum Gasteiger partial charge on any atom is 0.254 e. The van der Waals surface area contributed by atoms with Gasteiger partial charge < -0.3 is 9.80 Å². The van der Waals surface area contributed by atoms with Crippen LogP contribution in [0.5, 0.6) is 0 Å². The molecule has 0 bridgehead atoms. The molecule has 108 valence electrons. The Bertz CT molecular complexity index is 499. The third-order valence-corrected chi connectivity index (χ3v) is 3.90. The number of halogens is 1. The third kappa shape index (κ3) is 2.96. The highest BCUT2D eigenvalue weighted by molar-refractivity contribution is 6.17. The zero-order valence-electron chi connectivity index (χ0n) is 11.8. The van der Waals surface area contributed by atoms with Crippen LogP contribution in [0.4, 0.5) is 0 Å². The molecule has 2 rings (SSSR count). The normalized spacial score (nSPS) is 18.1. The van der Waals surface area contributed by atoms with E-state index in [9.17, 15) is 9.59 Å². The number of likely N-dealkylation sites (tertiary alicyclic amines) is 1. The Hall–Kier alpha value is -1.55. The molecule has 0 saturated carbocycles. The van der Waals surface area contributed by atoms with E-state index in [1.54, 1.807) is 36.0 Å². The van der Waals surface area contributed by atoms with E-state index in [0.717, 1.165) is 18.4 Å². The number of amides is 2. The summed E-state index contributed by atoms with van der Waals surface area (Å²) in [6.07, 6.45) is 1.61. The van der Waals surface area contributed by atoms with Crippen molar-refractivity contribution < 1.29 is 9.59 Å². The van der Waals surface area contributed by atoms with Crippen LogP contribution in [0.25, 0.3) is 0 Å². The number of nitrogens with zero attached hydrogens (tertiary/aromatic N) is 2. The summed E-state index contributed by atoms with van der Waals surface area (Å²) in [4.78, 5) is 27.8. The number of likely N-dealkylation sites (N-methyl/N-ethyl adjacent to an activating group) is 1. The van der Waals surface area contributed by atoms with Gasteiger partial charge in [-0.2, -0.15) is 0 Å². The molecule has 0 N–H and O–H groups in total. The van der Waals surface area contributed by atoms with E-state index in [2.05, 4.69) is 0 Å². The molecule has 1 aromatic rings. The Balaban J connectivity index is 2.16. The van der Waals surface area contributed by atoms with Gasteiger partial charge in [0, 0.05) is 32.1 Å². The molecule has 0 spiro atoms. The molecule has 20 heavy (non-hydrogen) atoms. The highest BCUT2D eigenvalue weighted by Crippen LogP contribution is 2.21. The van der Waals surface area contributed by atoms with E-state index < -0.39 is 0 Å². The Morgan fingerprint density at radius 2 is 1.95 bits per heavy atom. The van der Waals surface area contributed by atoms with Crippen LogP contribution in [0.1, 0.15) is 28.8 Å². The number of hydrogen-bond donors (Lipinski definition) is 0. The lowest BCUT2D eigenvalue weighted by Crippen LogP contribution is -2.45. The van der Waals surface area contributed by atoms with Crippen molar-refractivity contribution in [2.45, 2.75) is 24.8 Å². The zero-order valence-corrected chi connectivity index (χ0v) is 12.6. The van der Waals surface area contributed by atoms with Gasteiger partial charge in [0.25, 0.3) is 5.91 Å². The molecule has 1 fully saturated rings. The fourth-order valence-electron chi connectivity index (χ4n) is 2.47. The van der Waals surface area contributed by atoms with Crippen LogP contribution in [0.15, 0.2) is 24.3 Å². The van der Waals surface area contributed by atoms with Crippen molar-refractivity contribution in [3.8, 4) is 0 Å². The minimum atomic E-state index is -0.329. The average Bonchev–Trinajstić information content (AvgIpc) is 2.94. The molecule has 1 saturated heterocycles. The van der Waals surface area contributed by atoms with Gasteiger partial charge in [-0.1, -0.05) is 12.1 Å². The van der Waals surface area contributed by atoms with Crippen LogP contribution in [0.2, 0.25) is 0 Å². The van der Waals surface area contributed by atoms with E-state index in [4.69, 9.17) is 11.6 Å². The SMILES string of the molecule is CN(C)C(=O)C1CCCN1C(=O)c1ccc(CCl)cc1. The van der Waals surface area contributed by atoms with E-state index in [1.807, 2.05) is 12.1 Å². The molecule has 1 atom stereocenters. The summed E-state index contributed by atoms with van der Waals surface area (Å²) in [5.74, 6) is 0.344. The lowest BCUT2D eigenvalue weighted by Gasteiger charge is -2.26. The zero-order chi connectivity index (χ0) is 14.7. The first-order valence-corrected chi connectivity index (χ1v) is 7.25. The minimum Gasteiger partial charge on any atom is -0.347 e. The summed E-state index contributed by atoms with van der Waals surface area (Å²) >= 11 is 5.74. The molecule has 4 nitrogen and oxygen atoms in total. The quantitative estimate of drug-likeness (QED) is 0.801. The number of benzene rings is 1. The van der Waals surface area contributed by atoms with Crippen LogP contribution in [-0.4, -0.2) is 48.3 Å². The second-order valence-corrected chi connectivity index (χ2v) is 5.49. The van der Waals surface area contributed by atoms with Gasteiger partial charge in [-0.15, -0.1) is 11.6 Å². The maximum absolute atomic E-state index is 12.5. The van der Waals surface area contributed by atoms with Crippen LogP contribution < -0.4 is 0 Å². The summed E-state index contributed by atoms with van der Waals surface area (Å²) in [6, 6.07) is 6.91. The van der Waals surface area contributed by atoms with Crippen LogP contribution in [0, 0.1) is 0 Å². The van der Waals surface area contributed by atoms with Crippen LogP contribution in [0.3, 0.4) is 0 Å². The number of carbonyl (C=O) groups is 2. The average molecular weight is 295 g/mol. The predicted molar refractivity (Wildman–Crippen MR) is 78.8 cm³/mol. The standard InChI is InChI=1S/C15H19ClN2O2/c1-17(2)15(20)13-4-3-9-18(13)14(19)12-7-5-11(10-16)6-8-12/h5-8,13H,3-4,9-10H2,1-2H3. The van der Waals surface area contributed by atoms with Gasteiger partial charge >= 0.3 is 0 Å². The summed E-state index contributed by atoms with van der Waals surface area (Å²) in [5.41, 5.74) is 1.59. The molecule has 5 heteroatoms. The highest BCUT2D eigenvalue weighted by Gasteiger charge is 2.35. The Morgan fingerprint density at radius 3 is 2.50 bits per heavy atom. The Morgan fingerprint density at radius 1 is 1.30 bits per heavy atom. The summed E-state index contributed by atoms with van der Waals surface area (Å²) < 4.78 is 0. The first kappa shape index (κ1) is 14.9. The fraction of sp³-hybridized carbons (Fsp3) is 0.467. The van der Waals surface area contributed by atoms with Gasteiger partial charge in [0.1, 0.15) is 6.04 Å². The Kier molecular flexibility index (Phi) is 4.65. The number of hydrogen-bond acceptors (Lipinski definition) is 2. The number of rotatable bonds is 3. The number of carbonyl (C=O) groups excluding carboxylic acids is 2. The van der Waals surface area contributed by atoms with Gasteiger partial charge in [0.05, 0.1) is 0 Å². The first-order valence-electron chi connectivity index (χ1n) is 6.71. The highest BCUT2D eigenvalue weighted by atomic mass is 35.5. The Labute approximate surface area is 124 Å². The monoisotopic (exact) mass is 294 g/mol. The van der Waals surface area contributed by atoms with Crippen molar-refractivity contribution in [1.82, 2.24) is 9.80 Å². The molecular weight excluding hydrogens is 276 g/mol. The molecule has 1 aromatic carbocycles. The van der Waals surface area contributed by atoms with Crippen molar-refractivity contribution in [2.24, 2.45) is 0 Å². The topological polar surface area (TPSA) is 40.6 Å². The van der Waals surface area contributed by atoms with Crippen molar-refractivity contribution in [3.05, 3.63) is 35.4 Å². The summed E-state index contributed by atoms with van der Waals surface area (Å²) in [5, 5.41) is 0. The van der Waals surface area contributed by atoms with E-state index in [1.165, 1.54) is 0 Å². The molecule has 0 aliphatic carbocycles. The smallest absolute Gasteiger partial charge is 0.254 e. The second-order valence-electron chi connectivity index (χ2n) is 5.22. The van der Waals surface area contributed by atoms with Gasteiger partial charge in [-0.25, -0.2) is 0 Å². The number of alkyl halides is 1. The summed E-state index contributed by atoms with van der Waals surface area (Å²) in [6.45, 7) is 0.639. The van der Waals surface area contributed by atoms with Gasteiger partial charge in [0.15, 0.2) is 0 Å². The van der Waals surface area contributed by atoms with Crippen LogP contribution >= 0.6 is 11.6 Å². The lowest BCUT2D eigenvalue weighted by atomic mass is 10.1. The second kappa shape index (κ2) is 6.27. The van der Waals surface area contributed by atoms with Gasteiger partial charge in [-0.3, -0.25) is 9.59 Å². The maximum atomic E-state index is 12.5. The predicted octanol–water partition coefficient (Wildman–Crippen LogP) is 2.12. The third-order valence-electron chi connectivity index (χ3n) is 3.59. The van der Waals surface area contributed by atoms with E-state index in [0.29, 0.717) is 18.0 Å². The van der Waals surface area contributed by atoms with Crippen molar-refractivity contribution in [2.75, 3.05) is 20.6 Å². The molecule has 2 amide bonds. The molecule has 1 heterocycles. The first-order chi connectivity index (χ1) is 9.54. The van der Waals surface area contributed by atoms with Gasteiger partial charge in [-0.05, 0) is 30.5 Å². The largest absolute Gasteiger partial charge is 0.347 e. The fourth-order valence-corrected chi connectivity index (χ4v) is 2.64. The minimum absolute atomic E-state index is 0.00627. The lowest BCUT2D eigenvalue weighted by molar-refractivity contribution is -0.132. The molecule has 0 radical (unpaired) electrons. The van der Waals surface area contributed by atoms with Crippen molar-refractivity contribution >= 4 is 23.4 Å². The van der Waals surface area contributed by atoms with E-state index in [-0.39, 0.29) is 17.9 Å². The van der Waals surface area contributed by atoms with Crippen LogP contribution in [-0.2, 0) is 10.7 Å². The molecule has 1 aliphatic rings. The van der Waals surface area contributed by atoms with E-state index >= 15 is 0 Å². The summed E-state index contributed by atoms with van der Waals surface area (Å²) in [7, 11) is 3.44. The van der Waals surface area contributed by atoms with Crippen molar-refractivity contribution in [3.63, 3.8) is 0 Å². The van der Waals surface area contributed by atoms with Crippen molar-refractivity contribution in [1.29, 1.82) is 0 Å². The molecule has 0 aromatic heterocycles. The van der Waals surface area contributed by atoms with Gasteiger partial charge in [0.2, 0.25) is 5.91 Å². The molecular formula is C15H19ClN2O2. The molecule has 1 unspecified atom stereocenters. The molecule has 1 aliphatic heterocycles.